The van der Waals surface area contributed by atoms with Crippen LogP contribution in [0.25, 0.3) is 0 Å². The first-order valence-electron chi connectivity index (χ1n) is 5.19. The smallest absolute Gasteiger partial charge is 0.207 e. The van der Waals surface area contributed by atoms with Crippen molar-refractivity contribution in [2.24, 2.45) is 10.8 Å². The van der Waals surface area contributed by atoms with Gasteiger partial charge in [-0.15, -0.1) is 0 Å². The van der Waals surface area contributed by atoms with Gasteiger partial charge in [-0.3, -0.25) is 0 Å². The predicted octanol–water partition coefficient (Wildman–Crippen LogP) is 2.85. The molecule has 0 aromatic heterocycles. The summed E-state index contributed by atoms with van der Waals surface area (Å²) in [5, 5.41) is 0. The Morgan fingerprint density at radius 2 is 1.43 bits per heavy atom. The maximum Gasteiger partial charge on any atom is 0.207 e. The Labute approximate surface area is 85.6 Å². The molecule has 3 heteroatoms. The molecule has 14 heavy (non-hydrogen) atoms. The van der Waals surface area contributed by atoms with Crippen LogP contribution in [0.2, 0.25) is 0 Å². The summed E-state index contributed by atoms with van der Waals surface area (Å²) in [6.07, 6.45) is 0.850. The van der Waals surface area contributed by atoms with Gasteiger partial charge in [-0.1, -0.05) is 27.7 Å². The topological polar surface area (TPSA) is 27.7 Å². The van der Waals surface area contributed by atoms with Crippen molar-refractivity contribution in [1.82, 2.24) is 0 Å². The van der Waals surface area contributed by atoms with Crippen molar-refractivity contribution in [3.05, 3.63) is 0 Å². The minimum atomic E-state index is -0.635. The maximum atomic E-state index is 5.88. The first-order valence-corrected chi connectivity index (χ1v) is 5.19. The van der Waals surface area contributed by atoms with Crippen molar-refractivity contribution in [2.75, 3.05) is 0 Å². The van der Waals surface area contributed by atoms with Crippen molar-refractivity contribution in [3.63, 3.8) is 0 Å². The molecule has 2 saturated heterocycles. The molecule has 0 amide bonds. The highest BCUT2D eigenvalue weighted by Gasteiger charge is 2.67. The summed E-state index contributed by atoms with van der Waals surface area (Å²) in [6, 6.07) is 0. The number of ether oxygens (including phenoxy) is 1. The Bertz CT molecular complexity index is 272. The molecule has 2 aliphatic heterocycles. The molecule has 2 fully saturated rings. The summed E-state index contributed by atoms with van der Waals surface area (Å²) < 4.78 is 5.88. The monoisotopic (exact) mass is 200 g/mol. The fourth-order valence-electron chi connectivity index (χ4n) is 2.55. The highest BCUT2D eigenvalue weighted by atomic mass is 17.3. The first kappa shape index (κ1) is 10.4. The van der Waals surface area contributed by atoms with Gasteiger partial charge < -0.3 is 4.74 Å². The quantitative estimate of drug-likeness (QED) is 0.563. The summed E-state index contributed by atoms with van der Waals surface area (Å²) in [6.45, 7) is 12.7. The average Bonchev–Trinajstić information content (AvgIpc) is 2.23. The van der Waals surface area contributed by atoms with Crippen LogP contribution in [0.5, 0.6) is 0 Å². The van der Waals surface area contributed by atoms with Gasteiger partial charge in [0, 0.05) is 11.8 Å². The fraction of sp³-hybridized carbons (Fsp3) is 1.00. The molecule has 0 spiro atoms. The van der Waals surface area contributed by atoms with E-state index in [-0.39, 0.29) is 10.8 Å². The first-order chi connectivity index (χ1) is 6.12. The number of hydrogen-bond acceptors (Lipinski definition) is 3. The third-order valence-electron chi connectivity index (χ3n) is 4.38. The van der Waals surface area contributed by atoms with Gasteiger partial charge in [0.15, 0.2) is 0 Å². The molecule has 2 rings (SSSR count). The summed E-state index contributed by atoms with van der Waals surface area (Å²) in [4.78, 5) is 10.7. The Hall–Kier alpha value is -0.120. The van der Waals surface area contributed by atoms with Crippen LogP contribution in [0.4, 0.5) is 0 Å². The SMILES string of the molecule is CC1(C)C[C@@]2(C)OO[C@](C)(O2)C1(C)C. The second-order valence-electron chi connectivity index (χ2n) is 6.03. The standard InChI is InChI=1S/C11H20O3/c1-8(2)7-10(5)12-11(6,14-13-10)9(8,3)4/h7H2,1-6H3/t10-,11+/m1/s1. The normalized spacial score (nSPS) is 49.3. The van der Waals surface area contributed by atoms with Crippen LogP contribution in [0, 0.1) is 10.8 Å². The van der Waals surface area contributed by atoms with Crippen LogP contribution >= 0.6 is 0 Å². The van der Waals surface area contributed by atoms with Gasteiger partial charge >= 0.3 is 0 Å². The van der Waals surface area contributed by atoms with Crippen LogP contribution in [0.1, 0.15) is 48.0 Å². The molecule has 0 saturated carbocycles. The molecule has 0 aliphatic carbocycles. The molecule has 0 aromatic rings. The van der Waals surface area contributed by atoms with Crippen molar-refractivity contribution in [2.45, 2.75) is 59.5 Å². The summed E-state index contributed by atoms with van der Waals surface area (Å²) in [5.74, 6) is -1.21. The molecule has 2 aliphatic rings. The van der Waals surface area contributed by atoms with Gasteiger partial charge in [0.25, 0.3) is 0 Å². The molecule has 3 nitrogen and oxygen atoms in total. The van der Waals surface area contributed by atoms with Gasteiger partial charge in [0.1, 0.15) is 0 Å². The zero-order valence-corrected chi connectivity index (χ0v) is 9.93. The van der Waals surface area contributed by atoms with Crippen LogP contribution in [0.3, 0.4) is 0 Å². The minimum Gasteiger partial charge on any atom is -0.312 e. The summed E-state index contributed by atoms with van der Waals surface area (Å²) >= 11 is 0. The molecule has 2 bridgehead atoms. The van der Waals surface area contributed by atoms with E-state index in [2.05, 4.69) is 27.7 Å². The average molecular weight is 200 g/mol. The van der Waals surface area contributed by atoms with Crippen LogP contribution in [0.15, 0.2) is 0 Å². The molecular formula is C11H20O3. The lowest BCUT2D eigenvalue weighted by molar-refractivity contribution is -0.355. The van der Waals surface area contributed by atoms with Gasteiger partial charge in [-0.05, 0) is 19.3 Å². The van der Waals surface area contributed by atoms with Crippen molar-refractivity contribution in [3.8, 4) is 0 Å². The van der Waals surface area contributed by atoms with Crippen molar-refractivity contribution >= 4 is 0 Å². The highest BCUT2D eigenvalue weighted by molar-refractivity contribution is 5.03. The van der Waals surface area contributed by atoms with E-state index in [0.717, 1.165) is 6.42 Å². The molecule has 2 atom stereocenters. The van der Waals surface area contributed by atoms with E-state index in [1.54, 1.807) is 0 Å². The largest absolute Gasteiger partial charge is 0.312 e. The molecule has 0 unspecified atom stereocenters. The Kier molecular flexibility index (Phi) is 1.74. The molecule has 0 radical (unpaired) electrons. The van der Waals surface area contributed by atoms with Gasteiger partial charge in [0.2, 0.25) is 11.6 Å². The molecule has 0 N–H and O–H groups in total. The zero-order valence-electron chi connectivity index (χ0n) is 9.93. The lowest BCUT2D eigenvalue weighted by Gasteiger charge is -2.53. The van der Waals surface area contributed by atoms with E-state index in [1.165, 1.54) is 0 Å². The van der Waals surface area contributed by atoms with Crippen molar-refractivity contribution < 1.29 is 14.5 Å². The third kappa shape index (κ3) is 1.03. The van der Waals surface area contributed by atoms with Gasteiger partial charge in [-0.2, -0.15) is 9.78 Å². The Morgan fingerprint density at radius 1 is 0.857 bits per heavy atom. The van der Waals surface area contributed by atoms with E-state index >= 15 is 0 Å². The number of hydrogen-bond donors (Lipinski definition) is 0. The summed E-state index contributed by atoms with van der Waals surface area (Å²) in [5.41, 5.74) is 0.0568. The van der Waals surface area contributed by atoms with Crippen LogP contribution < -0.4 is 0 Å². The highest BCUT2D eigenvalue weighted by Crippen LogP contribution is 2.61. The lowest BCUT2D eigenvalue weighted by atomic mass is 9.59. The number of rotatable bonds is 0. The number of fused-ring (bicyclic) bond motifs is 2. The Morgan fingerprint density at radius 3 is 2.00 bits per heavy atom. The van der Waals surface area contributed by atoms with E-state index < -0.39 is 11.6 Å². The Balaban J connectivity index is 2.46. The molecule has 2 heterocycles. The second-order valence-corrected chi connectivity index (χ2v) is 6.03. The van der Waals surface area contributed by atoms with Crippen LogP contribution in [-0.2, 0) is 14.5 Å². The van der Waals surface area contributed by atoms with Crippen LogP contribution in [-0.4, -0.2) is 11.6 Å². The van der Waals surface area contributed by atoms with E-state index in [4.69, 9.17) is 14.5 Å². The summed E-state index contributed by atoms with van der Waals surface area (Å²) in [7, 11) is 0. The minimum absolute atomic E-state index is 0.0734. The second kappa shape index (κ2) is 2.34. The van der Waals surface area contributed by atoms with Gasteiger partial charge in [0.05, 0.1) is 0 Å². The van der Waals surface area contributed by atoms with Crippen molar-refractivity contribution in [1.29, 1.82) is 0 Å². The maximum absolute atomic E-state index is 5.88. The van der Waals surface area contributed by atoms with E-state index in [9.17, 15) is 0 Å². The molecular weight excluding hydrogens is 180 g/mol. The third-order valence-corrected chi connectivity index (χ3v) is 4.38. The van der Waals surface area contributed by atoms with Gasteiger partial charge in [-0.25, -0.2) is 0 Å². The molecule has 0 aromatic carbocycles. The van der Waals surface area contributed by atoms with E-state index in [1.807, 2.05) is 13.8 Å². The lowest BCUT2D eigenvalue weighted by Crippen LogP contribution is -2.58. The molecule has 82 valence electrons. The fourth-order valence-corrected chi connectivity index (χ4v) is 2.55. The predicted molar refractivity (Wildman–Crippen MR) is 52.2 cm³/mol. The van der Waals surface area contributed by atoms with E-state index in [0.29, 0.717) is 0 Å². The zero-order chi connectivity index (χ0) is 10.8.